The Morgan fingerprint density at radius 1 is 1.40 bits per heavy atom. The van der Waals surface area contributed by atoms with Crippen LogP contribution in [0.1, 0.15) is 19.8 Å². The first-order chi connectivity index (χ1) is 7.27. The second-order valence-corrected chi connectivity index (χ2v) is 6.21. The molecule has 2 nitrogen and oxygen atoms in total. The maximum atomic E-state index is 11.0. The summed E-state index contributed by atoms with van der Waals surface area (Å²) in [6.45, 7) is 1.50. The van der Waals surface area contributed by atoms with E-state index in [1.807, 2.05) is 6.07 Å². The first-order valence-electron chi connectivity index (χ1n) is 5.26. The van der Waals surface area contributed by atoms with Crippen molar-refractivity contribution in [3.05, 3.63) is 30.3 Å². The summed E-state index contributed by atoms with van der Waals surface area (Å²) in [4.78, 5) is 11.0. The molecule has 3 heteroatoms. The molecule has 0 amide bonds. The van der Waals surface area contributed by atoms with E-state index in [2.05, 4.69) is 24.3 Å². The summed E-state index contributed by atoms with van der Waals surface area (Å²) in [7, 11) is -0.279. The number of ether oxygens (including phenoxy) is 1. The van der Waals surface area contributed by atoms with Crippen LogP contribution in [0.25, 0.3) is 0 Å². The molecule has 0 aromatic heterocycles. The van der Waals surface area contributed by atoms with E-state index in [1.165, 1.54) is 24.8 Å². The molecule has 2 unspecified atom stereocenters. The molecule has 2 rings (SSSR count). The Labute approximate surface area is 91.4 Å². The lowest BCUT2D eigenvalue weighted by molar-refractivity contribution is -0.142. The number of benzene rings is 1. The monoisotopic (exact) mass is 222 g/mol. The van der Waals surface area contributed by atoms with E-state index in [0.29, 0.717) is 0 Å². The van der Waals surface area contributed by atoms with Gasteiger partial charge in [-0.2, -0.15) is 0 Å². The fraction of sp³-hybridized carbons (Fsp3) is 0.417. The van der Waals surface area contributed by atoms with E-state index >= 15 is 0 Å². The second-order valence-electron chi connectivity index (χ2n) is 3.74. The average Bonchev–Trinajstić information content (AvgIpc) is 2.66. The summed E-state index contributed by atoms with van der Waals surface area (Å²) in [6, 6.07) is 10.4. The van der Waals surface area contributed by atoms with Crippen molar-refractivity contribution in [1.82, 2.24) is 0 Å². The number of rotatable bonds is 2. The van der Waals surface area contributed by atoms with Gasteiger partial charge >= 0.3 is 5.97 Å². The Kier molecular flexibility index (Phi) is 3.37. The summed E-state index contributed by atoms with van der Waals surface area (Å²) in [6.07, 6.45) is 3.40. The maximum Gasteiger partial charge on any atom is 0.303 e. The highest BCUT2D eigenvalue weighted by atomic mass is 31.1. The Bertz CT molecular complexity index is 337. The number of carbonyl (C=O) groups is 1. The number of carbonyl (C=O) groups excluding carboxylic acids is 1. The highest BCUT2D eigenvalue weighted by Gasteiger charge is 2.30. The third kappa shape index (κ3) is 2.57. The van der Waals surface area contributed by atoms with Gasteiger partial charge in [-0.1, -0.05) is 30.3 Å². The fourth-order valence-corrected chi connectivity index (χ4v) is 4.69. The molecule has 1 aromatic carbocycles. The van der Waals surface area contributed by atoms with Crippen LogP contribution >= 0.6 is 7.92 Å². The molecule has 1 aliphatic rings. The molecule has 0 saturated carbocycles. The van der Waals surface area contributed by atoms with Gasteiger partial charge in [-0.15, -0.1) is 0 Å². The van der Waals surface area contributed by atoms with Gasteiger partial charge in [-0.25, -0.2) is 0 Å². The van der Waals surface area contributed by atoms with Crippen molar-refractivity contribution in [1.29, 1.82) is 0 Å². The first kappa shape index (κ1) is 10.6. The summed E-state index contributed by atoms with van der Waals surface area (Å²) in [5.41, 5.74) is 0. The zero-order chi connectivity index (χ0) is 10.7. The third-order valence-electron chi connectivity index (χ3n) is 2.59. The lowest BCUT2D eigenvalue weighted by Gasteiger charge is -2.19. The zero-order valence-corrected chi connectivity index (χ0v) is 9.74. The molecule has 15 heavy (non-hydrogen) atoms. The highest BCUT2D eigenvalue weighted by Crippen LogP contribution is 2.49. The predicted molar refractivity (Wildman–Crippen MR) is 62.7 cm³/mol. The Morgan fingerprint density at radius 2 is 2.13 bits per heavy atom. The van der Waals surface area contributed by atoms with Gasteiger partial charge in [0, 0.05) is 6.92 Å². The standard InChI is InChI=1S/C12H15O2P/c1-10(13)14-12-8-5-9-15(12)11-6-3-2-4-7-11/h2-4,6-7,12H,5,8-9H2,1H3. The van der Waals surface area contributed by atoms with Gasteiger partial charge in [0.15, 0.2) is 0 Å². The van der Waals surface area contributed by atoms with Crippen molar-refractivity contribution >= 4 is 19.2 Å². The average molecular weight is 222 g/mol. The molecule has 1 aromatic rings. The van der Waals surface area contributed by atoms with Crippen LogP contribution in [0, 0.1) is 0 Å². The summed E-state index contributed by atoms with van der Waals surface area (Å²) >= 11 is 0. The maximum absolute atomic E-state index is 11.0. The first-order valence-corrected chi connectivity index (χ1v) is 6.86. The second kappa shape index (κ2) is 4.76. The van der Waals surface area contributed by atoms with Crippen LogP contribution in [0.15, 0.2) is 30.3 Å². The number of hydrogen-bond acceptors (Lipinski definition) is 2. The van der Waals surface area contributed by atoms with Gasteiger partial charge in [0.05, 0.1) is 0 Å². The van der Waals surface area contributed by atoms with Crippen molar-refractivity contribution in [2.45, 2.75) is 25.6 Å². The van der Waals surface area contributed by atoms with Crippen molar-refractivity contribution in [2.75, 3.05) is 6.16 Å². The fourth-order valence-electron chi connectivity index (χ4n) is 1.97. The highest BCUT2D eigenvalue weighted by molar-refractivity contribution is 7.66. The number of esters is 1. The summed E-state index contributed by atoms with van der Waals surface area (Å²) in [5.74, 6) is 0.00484. The van der Waals surface area contributed by atoms with Crippen LogP contribution < -0.4 is 5.30 Å². The quantitative estimate of drug-likeness (QED) is 0.567. The molecule has 0 bridgehead atoms. The van der Waals surface area contributed by atoms with E-state index in [4.69, 9.17) is 4.74 Å². The normalized spacial score (nSPS) is 25.1. The Morgan fingerprint density at radius 3 is 2.80 bits per heavy atom. The van der Waals surface area contributed by atoms with E-state index in [-0.39, 0.29) is 19.7 Å². The number of hydrogen-bond donors (Lipinski definition) is 0. The molecule has 1 fully saturated rings. The molecular weight excluding hydrogens is 207 g/mol. The predicted octanol–water partition coefficient (Wildman–Crippen LogP) is 2.48. The van der Waals surface area contributed by atoms with Crippen LogP contribution in [0.4, 0.5) is 0 Å². The van der Waals surface area contributed by atoms with Crippen molar-refractivity contribution in [2.24, 2.45) is 0 Å². The zero-order valence-electron chi connectivity index (χ0n) is 8.85. The van der Waals surface area contributed by atoms with Gasteiger partial charge in [-0.3, -0.25) is 4.79 Å². The van der Waals surface area contributed by atoms with Gasteiger partial charge < -0.3 is 4.74 Å². The third-order valence-corrected chi connectivity index (χ3v) is 5.41. The van der Waals surface area contributed by atoms with Crippen LogP contribution in [0.5, 0.6) is 0 Å². The molecule has 0 spiro atoms. The van der Waals surface area contributed by atoms with Crippen molar-refractivity contribution < 1.29 is 9.53 Å². The lowest BCUT2D eigenvalue weighted by atomic mass is 10.4. The van der Waals surface area contributed by atoms with Crippen LogP contribution in [0.3, 0.4) is 0 Å². The van der Waals surface area contributed by atoms with E-state index in [0.717, 1.165) is 6.42 Å². The topological polar surface area (TPSA) is 26.3 Å². The summed E-state index contributed by atoms with van der Waals surface area (Å²) < 4.78 is 5.37. The SMILES string of the molecule is CC(=O)OC1CCCP1c1ccccc1. The minimum Gasteiger partial charge on any atom is -0.458 e. The molecule has 2 atom stereocenters. The molecule has 0 aliphatic carbocycles. The van der Waals surface area contributed by atoms with E-state index in [9.17, 15) is 4.79 Å². The van der Waals surface area contributed by atoms with Crippen molar-refractivity contribution in [3.63, 3.8) is 0 Å². The van der Waals surface area contributed by atoms with Gasteiger partial charge in [0.2, 0.25) is 0 Å². The van der Waals surface area contributed by atoms with E-state index in [1.54, 1.807) is 0 Å². The van der Waals surface area contributed by atoms with Gasteiger partial charge in [0.1, 0.15) is 5.85 Å². The molecule has 1 saturated heterocycles. The van der Waals surface area contributed by atoms with Crippen LogP contribution in [0.2, 0.25) is 0 Å². The molecule has 1 heterocycles. The molecule has 0 radical (unpaired) electrons. The van der Waals surface area contributed by atoms with Gasteiger partial charge in [-0.05, 0) is 32.2 Å². The van der Waals surface area contributed by atoms with Crippen LogP contribution in [-0.2, 0) is 9.53 Å². The molecular formula is C12H15O2P. The largest absolute Gasteiger partial charge is 0.458 e. The van der Waals surface area contributed by atoms with Crippen LogP contribution in [-0.4, -0.2) is 18.0 Å². The smallest absolute Gasteiger partial charge is 0.303 e. The molecule has 1 aliphatic heterocycles. The Balaban J connectivity index is 2.11. The molecule has 80 valence electrons. The minimum absolute atomic E-state index is 0.148. The van der Waals surface area contributed by atoms with Gasteiger partial charge in [0.25, 0.3) is 0 Å². The minimum atomic E-state index is -0.279. The summed E-state index contributed by atoms with van der Waals surface area (Å²) in [5, 5.41) is 1.36. The van der Waals surface area contributed by atoms with Crippen molar-refractivity contribution in [3.8, 4) is 0 Å². The Hall–Kier alpha value is -0.880. The van der Waals surface area contributed by atoms with E-state index < -0.39 is 0 Å². The lowest BCUT2D eigenvalue weighted by Crippen LogP contribution is -2.15. The molecule has 0 N–H and O–H groups in total.